The van der Waals surface area contributed by atoms with Crippen LogP contribution in [0.25, 0.3) is 0 Å². The lowest BCUT2D eigenvalue weighted by molar-refractivity contribution is 0.100. The molecule has 1 atom stereocenters. The third-order valence-corrected chi connectivity index (χ3v) is 6.43. The van der Waals surface area contributed by atoms with Crippen molar-refractivity contribution in [2.45, 2.75) is 19.1 Å². The monoisotopic (exact) mass is 474 g/mol. The van der Waals surface area contributed by atoms with Gasteiger partial charge in [-0.1, -0.05) is 36.4 Å². The van der Waals surface area contributed by atoms with Gasteiger partial charge < -0.3 is 13.9 Å². The number of furan rings is 1. The number of nitrogens with zero attached hydrogens (tertiary/aromatic N) is 6. The van der Waals surface area contributed by atoms with E-state index in [2.05, 4.69) is 61.7 Å². The Morgan fingerprint density at radius 1 is 0.886 bits per heavy atom. The van der Waals surface area contributed by atoms with Crippen LogP contribution in [0, 0.1) is 0 Å². The average molecular weight is 475 g/mol. The highest BCUT2D eigenvalue weighted by atomic mass is 16.5. The molecule has 0 N–H and O–H groups in total. The molecule has 4 aromatic rings. The lowest BCUT2D eigenvalue weighted by Crippen LogP contribution is -2.48. The van der Waals surface area contributed by atoms with Crippen LogP contribution >= 0.6 is 0 Å². The zero-order valence-electron chi connectivity index (χ0n) is 20.1. The summed E-state index contributed by atoms with van der Waals surface area (Å²) in [5.41, 5.74) is 2.38. The van der Waals surface area contributed by atoms with E-state index in [4.69, 9.17) is 13.9 Å². The lowest BCUT2D eigenvalue weighted by Gasteiger charge is -2.39. The predicted molar refractivity (Wildman–Crippen MR) is 130 cm³/mol. The van der Waals surface area contributed by atoms with Crippen molar-refractivity contribution >= 4 is 0 Å². The molecule has 0 spiro atoms. The normalized spacial score (nSPS) is 15.7. The third kappa shape index (κ3) is 5.21. The summed E-state index contributed by atoms with van der Waals surface area (Å²) in [5, 5.41) is 12.8. The van der Waals surface area contributed by atoms with Gasteiger partial charge in [0.15, 0.2) is 17.3 Å². The maximum absolute atomic E-state index is 5.61. The Morgan fingerprint density at radius 2 is 1.69 bits per heavy atom. The number of piperazine rings is 1. The Morgan fingerprint density at radius 3 is 2.40 bits per heavy atom. The lowest BCUT2D eigenvalue weighted by atomic mass is 10.0. The molecule has 0 radical (unpaired) electrons. The number of ether oxygens (including phenoxy) is 2. The van der Waals surface area contributed by atoms with Gasteiger partial charge in [0.25, 0.3) is 0 Å². The number of hydrogen-bond donors (Lipinski definition) is 0. The average Bonchev–Trinajstić information content (AvgIpc) is 3.59. The maximum Gasteiger partial charge on any atom is 0.173 e. The minimum absolute atomic E-state index is 0.140. The molecule has 5 rings (SSSR count). The second kappa shape index (κ2) is 10.7. The molecule has 1 aliphatic heterocycles. The molecule has 3 heterocycles. The first-order valence-corrected chi connectivity index (χ1v) is 11.8. The van der Waals surface area contributed by atoms with Crippen molar-refractivity contribution in [2.24, 2.45) is 0 Å². The Balaban J connectivity index is 1.42. The van der Waals surface area contributed by atoms with Crippen molar-refractivity contribution in [1.29, 1.82) is 0 Å². The van der Waals surface area contributed by atoms with Crippen molar-refractivity contribution in [3.05, 3.63) is 89.6 Å². The number of rotatable bonds is 9. The molecule has 1 saturated heterocycles. The molecular weight excluding hydrogens is 444 g/mol. The first kappa shape index (κ1) is 23.1. The number of hydrogen-bond acceptors (Lipinski definition) is 8. The molecule has 2 aromatic carbocycles. The number of methoxy groups -OCH3 is 2. The van der Waals surface area contributed by atoms with Crippen molar-refractivity contribution in [3.8, 4) is 11.5 Å². The summed E-state index contributed by atoms with van der Waals surface area (Å²) in [4.78, 5) is 4.93. The SMILES string of the molecule is COc1ccc([C@@H](c2nnnn2Cc2ccco2)N2CCN(Cc3ccccc3)CC2)cc1OC. The quantitative estimate of drug-likeness (QED) is 0.366. The number of aromatic nitrogens is 4. The van der Waals surface area contributed by atoms with Gasteiger partial charge in [0, 0.05) is 32.7 Å². The first-order valence-electron chi connectivity index (χ1n) is 11.8. The van der Waals surface area contributed by atoms with Gasteiger partial charge in [-0.3, -0.25) is 9.80 Å². The highest BCUT2D eigenvalue weighted by Gasteiger charge is 2.31. The van der Waals surface area contributed by atoms with Crippen LogP contribution in [0.1, 0.15) is 28.8 Å². The van der Waals surface area contributed by atoms with Crippen LogP contribution in [0.5, 0.6) is 11.5 Å². The van der Waals surface area contributed by atoms with Crippen LogP contribution in [0.4, 0.5) is 0 Å². The summed E-state index contributed by atoms with van der Waals surface area (Å²) in [6.45, 7) is 5.11. The van der Waals surface area contributed by atoms with Gasteiger partial charge in [0.1, 0.15) is 12.3 Å². The van der Waals surface area contributed by atoms with Crippen molar-refractivity contribution in [2.75, 3.05) is 40.4 Å². The minimum Gasteiger partial charge on any atom is -0.493 e. The van der Waals surface area contributed by atoms with Crippen LogP contribution in [0.3, 0.4) is 0 Å². The van der Waals surface area contributed by atoms with E-state index >= 15 is 0 Å². The summed E-state index contributed by atoms with van der Waals surface area (Å²) < 4.78 is 18.4. The van der Waals surface area contributed by atoms with Crippen LogP contribution in [0.15, 0.2) is 71.3 Å². The van der Waals surface area contributed by atoms with Gasteiger partial charge in [0.05, 0.1) is 26.5 Å². The van der Waals surface area contributed by atoms with E-state index in [1.165, 1.54) is 5.56 Å². The fourth-order valence-electron chi connectivity index (χ4n) is 4.64. The topological polar surface area (TPSA) is 81.7 Å². The predicted octanol–water partition coefficient (Wildman–Crippen LogP) is 3.24. The Kier molecular flexibility index (Phi) is 7.06. The molecule has 0 bridgehead atoms. The zero-order chi connectivity index (χ0) is 24.0. The fraction of sp³-hybridized carbons (Fsp3) is 0.346. The molecule has 0 saturated carbocycles. The van der Waals surface area contributed by atoms with Gasteiger partial charge >= 0.3 is 0 Å². The zero-order valence-corrected chi connectivity index (χ0v) is 20.1. The van der Waals surface area contributed by atoms with Gasteiger partial charge in [-0.25, -0.2) is 4.68 Å². The summed E-state index contributed by atoms with van der Waals surface area (Å²) in [6.07, 6.45) is 1.66. The van der Waals surface area contributed by atoms with E-state index in [0.29, 0.717) is 18.0 Å². The van der Waals surface area contributed by atoms with Gasteiger partial charge in [0.2, 0.25) is 0 Å². The Labute approximate surface area is 204 Å². The molecule has 1 aliphatic rings. The van der Waals surface area contributed by atoms with E-state index in [1.807, 2.05) is 28.9 Å². The number of benzene rings is 2. The van der Waals surface area contributed by atoms with Crippen molar-refractivity contribution in [1.82, 2.24) is 30.0 Å². The van der Waals surface area contributed by atoms with Crippen LogP contribution in [-0.4, -0.2) is 70.4 Å². The van der Waals surface area contributed by atoms with Crippen molar-refractivity contribution < 1.29 is 13.9 Å². The molecule has 9 heteroatoms. The van der Waals surface area contributed by atoms with Gasteiger partial charge in [-0.2, -0.15) is 0 Å². The van der Waals surface area contributed by atoms with Crippen LogP contribution < -0.4 is 9.47 Å². The highest BCUT2D eigenvalue weighted by molar-refractivity contribution is 5.45. The van der Waals surface area contributed by atoms with E-state index in [9.17, 15) is 0 Å². The molecule has 182 valence electrons. The third-order valence-electron chi connectivity index (χ3n) is 6.43. The fourth-order valence-corrected chi connectivity index (χ4v) is 4.64. The molecule has 0 amide bonds. The number of tetrazole rings is 1. The molecule has 1 fully saturated rings. The van der Waals surface area contributed by atoms with Gasteiger partial charge in [-0.05, 0) is 45.8 Å². The highest BCUT2D eigenvalue weighted by Crippen LogP contribution is 2.35. The smallest absolute Gasteiger partial charge is 0.173 e. The maximum atomic E-state index is 5.61. The van der Waals surface area contributed by atoms with E-state index in [-0.39, 0.29) is 6.04 Å². The van der Waals surface area contributed by atoms with E-state index in [0.717, 1.165) is 49.9 Å². The first-order chi connectivity index (χ1) is 17.2. The summed E-state index contributed by atoms with van der Waals surface area (Å²) in [6, 6.07) is 20.3. The van der Waals surface area contributed by atoms with E-state index < -0.39 is 0 Å². The molecule has 2 aromatic heterocycles. The second-order valence-electron chi connectivity index (χ2n) is 8.59. The summed E-state index contributed by atoms with van der Waals surface area (Å²) in [5.74, 6) is 2.95. The molecule has 0 aliphatic carbocycles. The second-order valence-corrected chi connectivity index (χ2v) is 8.59. The Bertz CT molecular complexity index is 1200. The minimum atomic E-state index is -0.140. The Hall–Kier alpha value is -3.69. The van der Waals surface area contributed by atoms with Crippen molar-refractivity contribution in [3.63, 3.8) is 0 Å². The van der Waals surface area contributed by atoms with E-state index in [1.54, 1.807) is 20.5 Å². The van der Waals surface area contributed by atoms with Crippen LogP contribution in [-0.2, 0) is 13.1 Å². The van der Waals surface area contributed by atoms with Gasteiger partial charge in [-0.15, -0.1) is 5.10 Å². The summed E-state index contributed by atoms with van der Waals surface area (Å²) in [7, 11) is 3.30. The van der Waals surface area contributed by atoms with Crippen LogP contribution in [0.2, 0.25) is 0 Å². The molecular formula is C26H30N6O3. The molecule has 35 heavy (non-hydrogen) atoms. The summed E-state index contributed by atoms with van der Waals surface area (Å²) >= 11 is 0. The molecule has 9 nitrogen and oxygen atoms in total. The standard InChI is InChI=1S/C26H30N6O3/c1-33-23-11-10-21(17-24(23)34-2)25(26-27-28-29-32(26)19-22-9-6-16-35-22)31-14-12-30(13-15-31)18-20-7-4-3-5-8-20/h3-11,16-17,25H,12-15,18-19H2,1-2H3/t25-/m0/s1. The molecule has 0 unspecified atom stereocenters. The largest absolute Gasteiger partial charge is 0.493 e.